The van der Waals surface area contributed by atoms with E-state index in [0.717, 1.165) is 47.6 Å². The Balaban J connectivity index is 1.29. The molecule has 1 N–H and O–H groups in total. The largest absolute Gasteiger partial charge is 0.325 e. The van der Waals surface area contributed by atoms with Gasteiger partial charge in [-0.05, 0) is 86.2 Å². The van der Waals surface area contributed by atoms with Crippen LogP contribution in [0.25, 0.3) is 0 Å². The number of aromatic nitrogens is 3. The standard InChI is InChI=1S/C25H25ClN4OS/c26-23-27-16-30(29-23)25-13-17-10-18(14-25)12-24(11-17,15-25)22(31)28-20-8-4-5-9-21(20)32-19-6-2-1-3-7-19/h1-9,16-18H,10-15H2,(H,28,31)/t17-,18-,24?,25?/m0/s1. The highest BCUT2D eigenvalue weighted by molar-refractivity contribution is 7.99. The summed E-state index contributed by atoms with van der Waals surface area (Å²) in [7, 11) is 0. The minimum atomic E-state index is -0.354. The molecule has 0 unspecified atom stereocenters. The van der Waals surface area contributed by atoms with Crippen LogP contribution in [-0.2, 0) is 10.3 Å². The van der Waals surface area contributed by atoms with Crippen LogP contribution >= 0.6 is 23.4 Å². The van der Waals surface area contributed by atoms with Gasteiger partial charge in [-0.3, -0.25) is 4.79 Å². The number of carbonyl (C=O) groups is 1. The molecule has 0 radical (unpaired) electrons. The van der Waals surface area contributed by atoms with E-state index in [9.17, 15) is 4.79 Å². The van der Waals surface area contributed by atoms with Crippen molar-refractivity contribution < 1.29 is 4.79 Å². The molecule has 3 aromatic rings. The van der Waals surface area contributed by atoms with Gasteiger partial charge in [-0.15, -0.1) is 5.10 Å². The summed E-state index contributed by atoms with van der Waals surface area (Å²) in [4.78, 5) is 20.3. The minimum Gasteiger partial charge on any atom is -0.325 e. The van der Waals surface area contributed by atoms with Crippen molar-refractivity contribution in [2.45, 2.75) is 53.9 Å². The molecule has 0 aliphatic heterocycles. The quantitative estimate of drug-likeness (QED) is 0.501. The number of carbonyl (C=O) groups excluding carboxylic acids is 1. The lowest BCUT2D eigenvalue weighted by Crippen LogP contribution is -2.60. The Hall–Kier alpha value is -2.31. The highest BCUT2D eigenvalue weighted by Crippen LogP contribution is 2.64. The molecule has 164 valence electrons. The van der Waals surface area contributed by atoms with Gasteiger partial charge in [0.05, 0.1) is 16.6 Å². The Morgan fingerprint density at radius 1 is 1.03 bits per heavy atom. The fraction of sp³-hybridized carbons (Fsp3) is 0.400. The van der Waals surface area contributed by atoms with Gasteiger partial charge in [0.2, 0.25) is 11.2 Å². The van der Waals surface area contributed by atoms with Crippen LogP contribution in [0.15, 0.2) is 70.7 Å². The van der Waals surface area contributed by atoms with E-state index in [0.29, 0.717) is 11.8 Å². The molecule has 7 rings (SSSR count). The van der Waals surface area contributed by atoms with Crippen molar-refractivity contribution in [1.82, 2.24) is 14.8 Å². The van der Waals surface area contributed by atoms with Crippen LogP contribution in [0.1, 0.15) is 38.5 Å². The van der Waals surface area contributed by atoms with Crippen LogP contribution in [-0.4, -0.2) is 20.7 Å². The molecule has 4 aliphatic rings. The highest BCUT2D eigenvalue weighted by atomic mass is 35.5. The maximum Gasteiger partial charge on any atom is 0.242 e. The minimum absolute atomic E-state index is 0.139. The first kappa shape index (κ1) is 20.3. The molecular weight excluding hydrogens is 440 g/mol. The molecule has 32 heavy (non-hydrogen) atoms. The van der Waals surface area contributed by atoms with E-state index in [4.69, 9.17) is 11.6 Å². The summed E-state index contributed by atoms with van der Waals surface area (Å²) < 4.78 is 1.97. The first-order valence-corrected chi connectivity index (χ1v) is 12.4. The number of hydrogen-bond donors (Lipinski definition) is 1. The number of nitrogens with one attached hydrogen (secondary N) is 1. The summed E-state index contributed by atoms with van der Waals surface area (Å²) in [6.07, 6.45) is 7.86. The molecule has 1 amide bonds. The van der Waals surface area contributed by atoms with Crippen molar-refractivity contribution in [3.63, 3.8) is 0 Å². The summed E-state index contributed by atoms with van der Waals surface area (Å²) in [6, 6.07) is 18.4. The predicted molar refractivity (Wildman–Crippen MR) is 126 cm³/mol. The molecule has 7 heteroatoms. The Morgan fingerprint density at radius 3 is 2.47 bits per heavy atom. The summed E-state index contributed by atoms with van der Waals surface area (Å²) in [5.41, 5.74) is 0.396. The van der Waals surface area contributed by atoms with Crippen molar-refractivity contribution in [3.8, 4) is 0 Å². The summed E-state index contributed by atoms with van der Waals surface area (Å²) in [5, 5.41) is 8.09. The molecule has 4 bridgehead atoms. The van der Waals surface area contributed by atoms with E-state index >= 15 is 0 Å². The van der Waals surface area contributed by atoms with E-state index < -0.39 is 0 Å². The molecule has 1 heterocycles. The zero-order valence-electron chi connectivity index (χ0n) is 17.7. The Bertz CT molecular complexity index is 1150. The van der Waals surface area contributed by atoms with Gasteiger partial charge in [0.25, 0.3) is 0 Å². The van der Waals surface area contributed by atoms with Gasteiger partial charge in [0.15, 0.2) is 0 Å². The first-order chi connectivity index (χ1) is 15.5. The second kappa shape index (κ2) is 7.63. The van der Waals surface area contributed by atoms with Gasteiger partial charge < -0.3 is 5.32 Å². The van der Waals surface area contributed by atoms with Gasteiger partial charge in [-0.1, -0.05) is 42.1 Å². The lowest BCUT2D eigenvalue weighted by Gasteiger charge is -2.60. The Kier molecular flexibility index (Phi) is 4.84. The highest BCUT2D eigenvalue weighted by Gasteiger charge is 2.61. The van der Waals surface area contributed by atoms with Crippen LogP contribution in [0.2, 0.25) is 5.28 Å². The number of hydrogen-bond acceptors (Lipinski definition) is 4. The maximum absolute atomic E-state index is 13.9. The van der Waals surface area contributed by atoms with Gasteiger partial charge in [0.1, 0.15) is 6.33 Å². The van der Waals surface area contributed by atoms with Gasteiger partial charge in [-0.25, -0.2) is 9.67 Å². The molecule has 1 aromatic heterocycles. The fourth-order valence-corrected chi connectivity index (χ4v) is 7.80. The van der Waals surface area contributed by atoms with Crippen molar-refractivity contribution in [1.29, 1.82) is 0 Å². The number of para-hydroxylation sites is 1. The monoisotopic (exact) mass is 464 g/mol. The zero-order valence-corrected chi connectivity index (χ0v) is 19.3. The third-order valence-electron chi connectivity index (χ3n) is 7.57. The fourth-order valence-electron chi connectivity index (χ4n) is 6.75. The lowest BCUT2D eigenvalue weighted by molar-refractivity contribution is -0.150. The van der Waals surface area contributed by atoms with Gasteiger partial charge >= 0.3 is 0 Å². The number of benzene rings is 2. The van der Waals surface area contributed by atoms with Crippen LogP contribution in [0, 0.1) is 17.3 Å². The average Bonchev–Trinajstić information content (AvgIpc) is 3.22. The van der Waals surface area contributed by atoms with Crippen molar-refractivity contribution in [2.24, 2.45) is 17.3 Å². The van der Waals surface area contributed by atoms with E-state index in [2.05, 4.69) is 33.6 Å². The topological polar surface area (TPSA) is 59.8 Å². The number of anilines is 1. The Labute approximate surface area is 197 Å². The predicted octanol–water partition coefficient (Wildman–Crippen LogP) is 6.02. The third-order valence-corrected chi connectivity index (χ3v) is 8.83. The molecule has 4 saturated carbocycles. The summed E-state index contributed by atoms with van der Waals surface area (Å²) in [6.45, 7) is 0. The molecule has 2 aromatic carbocycles. The maximum atomic E-state index is 13.9. The van der Waals surface area contributed by atoms with E-state index in [1.807, 2.05) is 41.1 Å². The van der Waals surface area contributed by atoms with E-state index in [1.54, 1.807) is 18.1 Å². The van der Waals surface area contributed by atoms with Crippen LogP contribution in [0.4, 0.5) is 5.69 Å². The first-order valence-electron chi connectivity index (χ1n) is 11.2. The van der Waals surface area contributed by atoms with Crippen LogP contribution in [0.3, 0.4) is 0 Å². The molecule has 5 nitrogen and oxygen atoms in total. The smallest absolute Gasteiger partial charge is 0.242 e. The van der Waals surface area contributed by atoms with Crippen molar-refractivity contribution >= 4 is 35.0 Å². The molecule has 0 spiro atoms. The van der Waals surface area contributed by atoms with Gasteiger partial charge in [-0.2, -0.15) is 0 Å². The van der Waals surface area contributed by atoms with Gasteiger partial charge in [0, 0.05) is 9.79 Å². The number of nitrogens with zero attached hydrogens (tertiary/aromatic N) is 3. The van der Waals surface area contributed by atoms with E-state index in [1.165, 1.54) is 6.42 Å². The van der Waals surface area contributed by atoms with Crippen LogP contribution < -0.4 is 5.32 Å². The second-order valence-electron chi connectivity index (χ2n) is 9.79. The number of halogens is 1. The molecule has 4 fully saturated rings. The summed E-state index contributed by atoms with van der Waals surface area (Å²) in [5.74, 6) is 1.26. The van der Waals surface area contributed by atoms with Crippen molar-refractivity contribution in [3.05, 3.63) is 66.2 Å². The zero-order chi connectivity index (χ0) is 21.8. The number of rotatable bonds is 5. The molecule has 2 atom stereocenters. The molecule has 0 saturated heterocycles. The third kappa shape index (κ3) is 3.44. The average molecular weight is 465 g/mol. The van der Waals surface area contributed by atoms with E-state index in [-0.39, 0.29) is 22.1 Å². The summed E-state index contributed by atoms with van der Waals surface area (Å²) >= 11 is 7.74. The number of amides is 1. The van der Waals surface area contributed by atoms with Crippen molar-refractivity contribution in [2.75, 3.05) is 5.32 Å². The Morgan fingerprint density at radius 2 is 1.75 bits per heavy atom. The lowest BCUT2D eigenvalue weighted by atomic mass is 9.46. The normalized spacial score (nSPS) is 30.4. The molecular formula is C25H25ClN4OS. The second-order valence-corrected chi connectivity index (χ2v) is 11.2. The molecule has 4 aliphatic carbocycles. The SMILES string of the molecule is O=C(Nc1ccccc1Sc1ccccc1)C12C[C@@H]3C[C@@H](C1)CC(n1cnc(Cl)n1)(C3)C2. The van der Waals surface area contributed by atoms with Crippen LogP contribution in [0.5, 0.6) is 0 Å².